The van der Waals surface area contributed by atoms with Gasteiger partial charge in [-0.2, -0.15) is 15.0 Å². The molecule has 2 aromatic carbocycles. The number of Topliss-reactive ketones (excluding diaryl/α,β-unsaturated/α-hetero) is 2. The Hall–Kier alpha value is -2.82. The van der Waals surface area contributed by atoms with Crippen LogP contribution in [0.2, 0.25) is 0 Å². The molecule has 0 aliphatic carbocycles. The molecule has 0 saturated heterocycles. The molecular weight excluding hydrogens is 314 g/mol. The van der Waals surface area contributed by atoms with Crippen LogP contribution < -0.4 is 0 Å². The number of carbonyl (C=O) groups excluding carboxylic acids is 2. The van der Waals surface area contributed by atoms with Gasteiger partial charge in [0.25, 0.3) is 0 Å². The topological polar surface area (TPSA) is 64.8 Å². The van der Waals surface area contributed by atoms with Gasteiger partial charge < -0.3 is 4.79 Å². The molecule has 0 spiro atoms. The minimum atomic E-state index is 0. The molecule has 3 aromatic rings. The molecule has 25 heavy (non-hydrogen) atoms. The van der Waals surface area contributed by atoms with Crippen molar-refractivity contribution in [1.29, 1.82) is 0 Å². The Balaban J connectivity index is 0. The summed E-state index contributed by atoms with van der Waals surface area (Å²) in [6.45, 7) is 4.62. The lowest BCUT2D eigenvalue weighted by Crippen LogP contribution is -1.90. The monoisotopic (exact) mass is 343 g/mol. The van der Waals surface area contributed by atoms with E-state index in [1.54, 1.807) is 11.7 Å². The van der Waals surface area contributed by atoms with Gasteiger partial charge in [0, 0.05) is 12.6 Å². The van der Waals surface area contributed by atoms with Crippen LogP contribution >= 0.6 is 0 Å². The third kappa shape index (κ3) is 9.81. The number of hydrogen-bond acceptors (Lipinski definition) is 4. The number of rotatable bonds is 1. The van der Waals surface area contributed by atoms with Gasteiger partial charge in [0.1, 0.15) is 16.8 Å². The molecule has 0 fully saturated rings. The van der Waals surface area contributed by atoms with Crippen LogP contribution in [0.5, 0.6) is 0 Å². The number of fused-ring (bicyclic) bond motifs is 1. The molecule has 5 nitrogen and oxygen atoms in total. The van der Waals surface area contributed by atoms with Gasteiger partial charge in [-0.3, -0.25) is 4.79 Å². The fourth-order valence-electron chi connectivity index (χ4n) is 1.64. The number of carbonyl (C=O) groups is 2. The Morgan fingerprint density at radius 1 is 0.760 bits per heavy atom. The standard InChI is InChI=1S/C8H8O.C7H7N3.C3H6O.2CH4/c1-7(9)8-5-3-2-4-6-8;1-10-8-6-4-2-3-5-7(6)9-10;1-3(2)4;;/h2-6H,1H3;2-5H,1H3;1-2H3;2*1H4. The molecule has 136 valence electrons. The Bertz CT molecular complexity index is 728. The van der Waals surface area contributed by atoms with Gasteiger partial charge in [0.2, 0.25) is 0 Å². The van der Waals surface area contributed by atoms with Crippen LogP contribution in [0.15, 0.2) is 54.6 Å². The van der Waals surface area contributed by atoms with Crippen LogP contribution in [0.4, 0.5) is 0 Å². The maximum Gasteiger partial charge on any atom is 0.159 e. The highest BCUT2D eigenvalue weighted by Gasteiger charge is 1.95. The Labute approximate surface area is 150 Å². The smallest absolute Gasteiger partial charge is 0.159 e. The van der Waals surface area contributed by atoms with E-state index in [0.29, 0.717) is 0 Å². The summed E-state index contributed by atoms with van der Waals surface area (Å²) in [5, 5.41) is 8.24. The highest BCUT2D eigenvalue weighted by Crippen LogP contribution is 2.05. The van der Waals surface area contributed by atoms with Crippen molar-refractivity contribution in [3.8, 4) is 0 Å². The van der Waals surface area contributed by atoms with E-state index in [0.717, 1.165) is 16.6 Å². The fourth-order valence-corrected chi connectivity index (χ4v) is 1.64. The summed E-state index contributed by atoms with van der Waals surface area (Å²) >= 11 is 0. The van der Waals surface area contributed by atoms with Crippen molar-refractivity contribution in [1.82, 2.24) is 15.0 Å². The van der Waals surface area contributed by atoms with E-state index in [4.69, 9.17) is 0 Å². The van der Waals surface area contributed by atoms with Crippen molar-refractivity contribution in [3.05, 3.63) is 60.2 Å². The van der Waals surface area contributed by atoms with Gasteiger partial charge >= 0.3 is 0 Å². The average Bonchev–Trinajstić information content (AvgIpc) is 2.88. The van der Waals surface area contributed by atoms with Crippen molar-refractivity contribution < 1.29 is 9.59 Å². The van der Waals surface area contributed by atoms with E-state index in [1.807, 2.05) is 61.6 Å². The first-order chi connectivity index (χ1) is 10.9. The number of ketones is 2. The molecule has 0 aliphatic heterocycles. The Morgan fingerprint density at radius 2 is 1.12 bits per heavy atom. The second kappa shape index (κ2) is 12.6. The Kier molecular flexibility index (Phi) is 12.3. The van der Waals surface area contributed by atoms with Gasteiger partial charge in [0.05, 0.1) is 0 Å². The average molecular weight is 343 g/mol. The number of aromatic nitrogens is 3. The first kappa shape index (κ1) is 24.4. The van der Waals surface area contributed by atoms with Gasteiger partial charge in [-0.25, -0.2) is 0 Å². The second-order valence-corrected chi connectivity index (χ2v) is 5.01. The molecule has 0 radical (unpaired) electrons. The lowest BCUT2D eigenvalue weighted by Gasteiger charge is -1.89. The predicted molar refractivity (Wildman–Crippen MR) is 105 cm³/mol. The third-order valence-electron chi connectivity index (χ3n) is 2.57. The number of nitrogens with zero attached hydrogens (tertiary/aromatic N) is 3. The SMILES string of the molecule is C.C.CC(=O)c1ccccc1.CC(C)=O.Cn1nc2ccccc2n1. The van der Waals surface area contributed by atoms with Crippen LogP contribution in [0.1, 0.15) is 46.0 Å². The second-order valence-electron chi connectivity index (χ2n) is 5.01. The zero-order valence-electron chi connectivity index (χ0n) is 13.9. The number of aryl methyl sites for hydroxylation is 1. The summed E-state index contributed by atoms with van der Waals surface area (Å²) in [7, 11) is 1.82. The molecule has 1 heterocycles. The first-order valence-electron chi connectivity index (χ1n) is 7.19. The quantitative estimate of drug-likeness (QED) is 0.599. The summed E-state index contributed by atoms with van der Waals surface area (Å²) in [6, 6.07) is 17.0. The lowest BCUT2D eigenvalue weighted by atomic mass is 10.2. The first-order valence-corrected chi connectivity index (χ1v) is 7.19. The van der Waals surface area contributed by atoms with Crippen molar-refractivity contribution >= 4 is 22.6 Å². The molecule has 0 amide bonds. The maximum atomic E-state index is 10.6. The van der Waals surface area contributed by atoms with E-state index in [9.17, 15) is 9.59 Å². The molecule has 0 N–H and O–H groups in total. The van der Waals surface area contributed by atoms with Crippen molar-refractivity contribution in [2.24, 2.45) is 7.05 Å². The normalized spacial score (nSPS) is 8.48. The van der Waals surface area contributed by atoms with Gasteiger partial charge in [-0.15, -0.1) is 0 Å². The molecule has 0 bridgehead atoms. The minimum Gasteiger partial charge on any atom is -0.300 e. The van der Waals surface area contributed by atoms with Gasteiger partial charge in [0.15, 0.2) is 5.78 Å². The minimum absolute atomic E-state index is 0. The summed E-state index contributed by atoms with van der Waals surface area (Å²) in [5.74, 6) is 0.288. The Morgan fingerprint density at radius 3 is 1.44 bits per heavy atom. The summed E-state index contributed by atoms with van der Waals surface area (Å²) in [4.78, 5) is 21.7. The molecule has 3 rings (SSSR count). The van der Waals surface area contributed by atoms with E-state index in [1.165, 1.54) is 13.8 Å². The molecule has 0 unspecified atom stereocenters. The number of hydrogen-bond donors (Lipinski definition) is 0. The van der Waals surface area contributed by atoms with Crippen molar-refractivity contribution in [2.45, 2.75) is 35.6 Å². The molecule has 1 aromatic heterocycles. The zero-order valence-corrected chi connectivity index (χ0v) is 13.9. The van der Waals surface area contributed by atoms with Crippen LogP contribution in [0.25, 0.3) is 11.0 Å². The van der Waals surface area contributed by atoms with E-state index in [2.05, 4.69) is 10.2 Å². The fraction of sp³-hybridized carbons (Fsp3) is 0.300. The maximum absolute atomic E-state index is 10.6. The van der Waals surface area contributed by atoms with Gasteiger partial charge in [-0.05, 0) is 32.9 Å². The lowest BCUT2D eigenvalue weighted by molar-refractivity contribution is -0.115. The third-order valence-corrected chi connectivity index (χ3v) is 2.57. The zero-order chi connectivity index (χ0) is 17.2. The van der Waals surface area contributed by atoms with Crippen molar-refractivity contribution in [3.63, 3.8) is 0 Å². The molecular formula is C20H29N3O2. The van der Waals surface area contributed by atoms with Crippen LogP contribution in [-0.4, -0.2) is 26.6 Å². The van der Waals surface area contributed by atoms with E-state index in [-0.39, 0.29) is 26.4 Å². The van der Waals surface area contributed by atoms with E-state index >= 15 is 0 Å². The summed E-state index contributed by atoms with van der Waals surface area (Å²) in [5.41, 5.74) is 2.67. The largest absolute Gasteiger partial charge is 0.300 e. The van der Waals surface area contributed by atoms with Gasteiger partial charge in [-0.1, -0.05) is 57.3 Å². The molecule has 0 aliphatic rings. The molecule has 5 heteroatoms. The molecule has 0 atom stereocenters. The summed E-state index contributed by atoms with van der Waals surface area (Å²) < 4.78 is 0. The van der Waals surface area contributed by atoms with Crippen LogP contribution in [0, 0.1) is 0 Å². The van der Waals surface area contributed by atoms with E-state index < -0.39 is 0 Å². The van der Waals surface area contributed by atoms with Crippen molar-refractivity contribution in [2.75, 3.05) is 0 Å². The highest BCUT2D eigenvalue weighted by molar-refractivity contribution is 5.93. The highest BCUT2D eigenvalue weighted by atomic mass is 16.1. The predicted octanol–water partition coefficient (Wildman–Crippen LogP) is 4.73. The van der Waals surface area contributed by atoms with Crippen LogP contribution in [0.3, 0.4) is 0 Å². The summed E-state index contributed by atoms with van der Waals surface area (Å²) in [6.07, 6.45) is 0. The number of benzene rings is 2. The molecule has 0 saturated carbocycles. The van der Waals surface area contributed by atoms with Crippen LogP contribution in [-0.2, 0) is 11.8 Å².